The van der Waals surface area contributed by atoms with Crippen molar-refractivity contribution < 1.29 is 28.0 Å². The van der Waals surface area contributed by atoms with Crippen molar-refractivity contribution >= 4 is 40.1 Å². The Morgan fingerprint density at radius 3 is 2.39 bits per heavy atom. The lowest BCUT2D eigenvalue weighted by molar-refractivity contribution is -0.130. The van der Waals surface area contributed by atoms with Gasteiger partial charge < -0.3 is 20.4 Å². The van der Waals surface area contributed by atoms with Crippen molar-refractivity contribution in [3.63, 3.8) is 0 Å². The lowest BCUT2D eigenvalue weighted by atomic mass is 9.83. The van der Waals surface area contributed by atoms with Crippen LogP contribution in [0.4, 0.5) is 5.69 Å². The third-order valence-corrected chi connectivity index (χ3v) is 9.83. The van der Waals surface area contributed by atoms with Gasteiger partial charge >= 0.3 is 0 Å². The molecule has 1 amide bonds. The topological polar surface area (TPSA) is 162 Å². The van der Waals surface area contributed by atoms with Gasteiger partial charge in [-0.05, 0) is 34.9 Å². The minimum Gasteiger partial charge on any atom is -0.509 e. The largest absolute Gasteiger partial charge is 0.509 e. The molecule has 2 heterocycles. The van der Waals surface area contributed by atoms with E-state index in [0.29, 0.717) is 17.8 Å². The molecule has 2 atom stereocenters. The number of benzene rings is 1. The average Bonchev–Trinajstić information content (AvgIpc) is 2.96. The van der Waals surface area contributed by atoms with Gasteiger partial charge in [0, 0.05) is 12.7 Å². The molecule has 5 N–H and O–H groups in total. The van der Waals surface area contributed by atoms with E-state index in [-0.39, 0.29) is 34.0 Å². The number of carbonyl (C=O) groups excluding carboxylic acids is 1. The first-order chi connectivity index (χ1) is 16.4. The summed E-state index contributed by atoms with van der Waals surface area (Å²) in [6.07, 6.45) is 0.615. The van der Waals surface area contributed by atoms with E-state index in [4.69, 9.17) is 5.14 Å². The molecule has 200 valence electrons. The highest BCUT2D eigenvalue weighted by atomic mass is 32.2. The maximum atomic E-state index is 14.0. The van der Waals surface area contributed by atoms with E-state index in [2.05, 4.69) is 23.9 Å². The molecule has 1 unspecified atom stereocenters. The summed E-state index contributed by atoms with van der Waals surface area (Å²) in [4.78, 5) is 15.4. The quantitative estimate of drug-likeness (QED) is 0.368. The van der Waals surface area contributed by atoms with Crippen LogP contribution in [-0.4, -0.2) is 60.6 Å². The molecule has 0 saturated carbocycles. The Balaban J connectivity index is 2.13. The van der Waals surface area contributed by atoms with Crippen molar-refractivity contribution in [2.45, 2.75) is 59.8 Å². The summed E-state index contributed by atoms with van der Waals surface area (Å²) in [5.74, 6) is -1.02. The maximum Gasteiger partial charge on any atom is 0.261 e. The number of amides is 1. The number of fused-ring (bicyclic) bond motifs is 1. The van der Waals surface area contributed by atoms with Crippen LogP contribution in [0.2, 0.25) is 0 Å². The molecule has 2 aliphatic rings. The third kappa shape index (κ3) is 5.69. The van der Waals surface area contributed by atoms with Gasteiger partial charge in [-0.2, -0.15) is 0 Å². The van der Waals surface area contributed by atoms with Crippen molar-refractivity contribution in [1.82, 2.24) is 4.90 Å². The van der Waals surface area contributed by atoms with Crippen LogP contribution in [-0.2, 0) is 25.1 Å². The number of primary sulfonamides is 1. The maximum absolute atomic E-state index is 14.0. The van der Waals surface area contributed by atoms with Crippen LogP contribution in [0.15, 0.2) is 34.3 Å². The van der Waals surface area contributed by atoms with Crippen LogP contribution in [0.5, 0.6) is 0 Å². The summed E-state index contributed by atoms with van der Waals surface area (Å²) < 4.78 is 41.5. The molecule has 36 heavy (non-hydrogen) atoms. The Morgan fingerprint density at radius 1 is 1.22 bits per heavy atom. The monoisotopic (exact) mass is 540 g/mol. The van der Waals surface area contributed by atoms with Crippen LogP contribution in [0.3, 0.4) is 0 Å². The van der Waals surface area contributed by atoms with Gasteiger partial charge in [0.05, 0.1) is 29.4 Å². The lowest BCUT2D eigenvalue weighted by Crippen LogP contribution is -2.48. The molecule has 0 fully saturated rings. The van der Waals surface area contributed by atoms with E-state index < -0.39 is 47.0 Å². The van der Waals surface area contributed by atoms with Crippen molar-refractivity contribution in [3.8, 4) is 0 Å². The summed E-state index contributed by atoms with van der Waals surface area (Å²) in [7, 11) is -7.48. The number of anilines is 1. The van der Waals surface area contributed by atoms with Gasteiger partial charge in [-0.25, -0.2) is 18.3 Å². The molecule has 0 spiro atoms. The number of aliphatic hydroxyl groups excluding tert-OH is 2. The van der Waals surface area contributed by atoms with Crippen molar-refractivity contribution in [1.29, 1.82) is 0 Å². The van der Waals surface area contributed by atoms with E-state index in [1.165, 1.54) is 12.1 Å². The predicted octanol–water partition coefficient (Wildman–Crippen LogP) is 2.70. The summed E-state index contributed by atoms with van der Waals surface area (Å²) >= 11 is 0. The fraction of sp³-hybridized carbons (Fsp3) is 0.583. The predicted molar refractivity (Wildman–Crippen MR) is 142 cm³/mol. The highest BCUT2D eigenvalue weighted by Gasteiger charge is 2.49. The van der Waals surface area contributed by atoms with Crippen LogP contribution < -0.4 is 15.8 Å². The normalized spacial score (nSPS) is 23.0. The third-order valence-electron chi connectivity index (χ3n) is 6.64. The second-order valence-electron chi connectivity index (χ2n) is 11.4. The van der Waals surface area contributed by atoms with Crippen LogP contribution in [0.1, 0.15) is 53.5 Å². The number of nitrogens with two attached hydrogens (primary N) is 1. The Labute approximate surface area is 213 Å². The SMILES string of the molecule is CCC(C)(C)CN1C(=O)C(C2=NP(=O)(CCO)c3cc(CS(N)(=O)=O)ccc3N2)=C(O)[C@@H]1C(C)(C)C. The molecule has 1 aromatic rings. The minimum absolute atomic E-state index is 0.0213. The average molecular weight is 541 g/mol. The summed E-state index contributed by atoms with van der Waals surface area (Å²) in [6, 6.07) is 3.92. The minimum atomic E-state index is -3.82. The number of aliphatic hydroxyl groups is 2. The van der Waals surface area contributed by atoms with Gasteiger partial charge in [-0.3, -0.25) is 9.36 Å². The number of hydrogen-bond donors (Lipinski definition) is 4. The molecule has 1 aromatic carbocycles. The number of nitrogens with zero attached hydrogens (tertiary/aromatic N) is 2. The van der Waals surface area contributed by atoms with Crippen LogP contribution in [0, 0.1) is 10.8 Å². The molecule has 12 heteroatoms. The molecule has 0 bridgehead atoms. The first kappa shape index (κ1) is 28.4. The fourth-order valence-electron chi connectivity index (χ4n) is 4.57. The first-order valence-corrected chi connectivity index (χ1v) is 15.4. The number of amidine groups is 1. The van der Waals surface area contributed by atoms with Gasteiger partial charge in [0.15, 0.2) is 0 Å². The van der Waals surface area contributed by atoms with E-state index in [1.807, 2.05) is 27.7 Å². The zero-order valence-electron chi connectivity index (χ0n) is 21.7. The molecule has 0 radical (unpaired) electrons. The Bertz CT molecular complexity index is 1280. The van der Waals surface area contributed by atoms with E-state index >= 15 is 0 Å². The zero-order valence-corrected chi connectivity index (χ0v) is 23.4. The van der Waals surface area contributed by atoms with Gasteiger partial charge in [0.2, 0.25) is 17.3 Å². The highest BCUT2D eigenvalue weighted by Crippen LogP contribution is 2.51. The number of hydrogen-bond acceptors (Lipinski definition) is 7. The zero-order chi connectivity index (χ0) is 27.3. The number of sulfonamides is 1. The van der Waals surface area contributed by atoms with Crippen molar-refractivity contribution in [2.75, 3.05) is 24.6 Å². The molecule has 0 aliphatic carbocycles. The van der Waals surface area contributed by atoms with Gasteiger partial charge in [-0.15, -0.1) is 0 Å². The standard InChI is InChI=1S/C24H37N4O6PS/c1-7-24(5,6)14-28-20(23(2,3)4)19(30)18(22(28)31)21-26-16-9-8-15(13-36(25,33)34)12-17(16)35(32,27-21)11-10-29/h8-9,12,20,29-30H,7,10-11,13-14H2,1-6H3,(H2,25,33,34)(H,26,27,32)/t20-,35?/m1/s1. The molecule has 3 rings (SSSR count). The molecule has 0 aromatic heterocycles. The first-order valence-electron chi connectivity index (χ1n) is 11.9. The summed E-state index contributed by atoms with van der Waals surface area (Å²) in [5, 5.41) is 29.4. The van der Waals surface area contributed by atoms with E-state index in [9.17, 15) is 28.0 Å². The molecule has 10 nitrogen and oxygen atoms in total. The Morgan fingerprint density at radius 2 is 1.86 bits per heavy atom. The summed E-state index contributed by atoms with van der Waals surface area (Å²) in [5.41, 5.74) is -0.0398. The Hall–Kier alpha value is -2.20. The lowest BCUT2D eigenvalue weighted by Gasteiger charge is -2.39. The Kier molecular flexibility index (Phi) is 7.56. The molecule has 2 aliphatic heterocycles. The van der Waals surface area contributed by atoms with Gasteiger partial charge in [0.25, 0.3) is 5.91 Å². The molecule has 0 saturated heterocycles. The van der Waals surface area contributed by atoms with Crippen LogP contribution in [0.25, 0.3) is 0 Å². The van der Waals surface area contributed by atoms with E-state index in [1.54, 1.807) is 11.0 Å². The van der Waals surface area contributed by atoms with E-state index in [0.717, 1.165) is 6.42 Å². The molecular weight excluding hydrogens is 503 g/mol. The smallest absolute Gasteiger partial charge is 0.261 e. The van der Waals surface area contributed by atoms with Crippen LogP contribution >= 0.6 is 7.29 Å². The van der Waals surface area contributed by atoms with Crippen molar-refractivity contribution in [2.24, 2.45) is 20.7 Å². The number of carbonyl (C=O) groups is 1. The second kappa shape index (κ2) is 9.59. The molecular formula is C24H37N4O6PS. The summed E-state index contributed by atoms with van der Waals surface area (Å²) in [6.45, 7) is 11.9. The number of nitrogens with one attached hydrogen (secondary N) is 1. The number of rotatable bonds is 8. The van der Waals surface area contributed by atoms with Crippen molar-refractivity contribution in [3.05, 3.63) is 35.1 Å². The highest BCUT2D eigenvalue weighted by molar-refractivity contribution is 7.88. The fourth-order valence-corrected chi connectivity index (χ4v) is 7.28. The van der Waals surface area contributed by atoms with Gasteiger partial charge in [-0.1, -0.05) is 47.6 Å². The van der Waals surface area contributed by atoms with Gasteiger partial charge in [0.1, 0.15) is 17.2 Å². The second-order valence-corrected chi connectivity index (χ2v) is 15.5.